The van der Waals surface area contributed by atoms with Crippen LogP contribution in [0.15, 0.2) is 60.7 Å². The number of rotatable bonds is 4. The molecular formula is C15H10O2S2. The van der Waals surface area contributed by atoms with Crippen molar-refractivity contribution in [2.45, 2.75) is 4.08 Å². The molecule has 0 bridgehead atoms. The maximum Gasteiger partial charge on any atom is 0.207 e. The number of ketones is 2. The topological polar surface area (TPSA) is 34.1 Å². The van der Waals surface area contributed by atoms with Crippen LogP contribution in [0.1, 0.15) is 20.7 Å². The summed E-state index contributed by atoms with van der Waals surface area (Å²) in [7, 11) is 2.68. The summed E-state index contributed by atoms with van der Waals surface area (Å²) >= 11 is 0. The molecule has 4 heteroatoms. The van der Waals surface area contributed by atoms with Gasteiger partial charge in [-0.25, -0.2) is 0 Å². The van der Waals surface area contributed by atoms with Crippen LogP contribution in [-0.2, 0) is 0 Å². The molecule has 19 heavy (non-hydrogen) atoms. The smallest absolute Gasteiger partial charge is 0.207 e. The van der Waals surface area contributed by atoms with Crippen molar-refractivity contribution in [1.82, 2.24) is 0 Å². The lowest BCUT2D eigenvalue weighted by Crippen LogP contribution is -2.30. The van der Waals surface area contributed by atoms with Crippen molar-refractivity contribution in [3.05, 3.63) is 71.8 Å². The van der Waals surface area contributed by atoms with Crippen molar-refractivity contribution >= 4 is 33.2 Å². The molecule has 1 aliphatic rings. The lowest BCUT2D eigenvalue weighted by molar-refractivity contribution is 0.0893. The largest absolute Gasteiger partial charge is 0.291 e. The molecule has 0 spiro atoms. The third-order valence-electron chi connectivity index (χ3n) is 2.92. The summed E-state index contributed by atoms with van der Waals surface area (Å²) in [6.07, 6.45) is 0. The molecule has 0 atom stereocenters. The fraction of sp³-hybridized carbons (Fsp3) is 0.0667. The van der Waals surface area contributed by atoms with E-state index in [1.54, 1.807) is 24.3 Å². The number of carbonyl (C=O) groups is 2. The Morgan fingerprint density at radius 1 is 0.684 bits per heavy atom. The summed E-state index contributed by atoms with van der Waals surface area (Å²) in [6.45, 7) is 0. The van der Waals surface area contributed by atoms with E-state index in [9.17, 15) is 9.59 Å². The summed E-state index contributed by atoms with van der Waals surface area (Å²) in [6, 6.07) is 18.0. The van der Waals surface area contributed by atoms with Crippen LogP contribution in [0.2, 0.25) is 0 Å². The summed E-state index contributed by atoms with van der Waals surface area (Å²) in [5.74, 6) is -0.228. The van der Waals surface area contributed by atoms with E-state index >= 15 is 0 Å². The van der Waals surface area contributed by atoms with E-state index in [1.165, 1.54) is 21.6 Å². The van der Waals surface area contributed by atoms with Gasteiger partial charge < -0.3 is 0 Å². The Kier molecular flexibility index (Phi) is 3.21. The minimum atomic E-state index is -0.970. The summed E-state index contributed by atoms with van der Waals surface area (Å²) in [4.78, 5) is 25.0. The van der Waals surface area contributed by atoms with Crippen LogP contribution >= 0.6 is 21.6 Å². The van der Waals surface area contributed by atoms with Crippen LogP contribution < -0.4 is 0 Å². The lowest BCUT2D eigenvalue weighted by Gasteiger charge is -2.09. The molecule has 2 nitrogen and oxygen atoms in total. The van der Waals surface area contributed by atoms with Gasteiger partial charge in [0.2, 0.25) is 4.08 Å². The maximum atomic E-state index is 12.5. The Morgan fingerprint density at radius 2 is 1.05 bits per heavy atom. The Labute approximate surface area is 119 Å². The van der Waals surface area contributed by atoms with E-state index in [2.05, 4.69) is 0 Å². The molecular weight excluding hydrogens is 276 g/mol. The second-order valence-corrected chi connectivity index (χ2v) is 6.99. The van der Waals surface area contributed by atoms with Gasteiger partial charge >= 0.3 is 0 Å². The van der Waals surface area contributed by atoms with Crippen LogP contribution in [0.4, 0.5) is 0 Å². The quantitative estimate of drug-likeness (QED) is 0.370. The molecule has 0 aromatic heterocycles. The van der Waals surface area contributed by atoms with Crippen LogP contribution in [-0.4, -0.2) is 15.6 Å². The molecule has 1 aliphatic heterocycles. The molecule has 94 valence electrons. The van der Waals surface area contributed by atoms with Crippen LogP contribution in [0.3, 0.4) is 0 Å². The molecule has 0 radical (unpaired) electrons. The Hall–Kier alpha value is -1.52. The zero-order valence-electron chi connectivity index (χ0n) is 9.91. The molecule has 0 aliphatic carbocycles. The third-order valence-corrected chi connectivity index (χ3v) is 5.66. The standard InChI is InChI=1S/C15H10O2S2/c16-13(11-7-3-1-4-8-11)15(18-19-15)14(17)12-9-5-2-6-10-12/h1-10H. The first-order chi connectivity index (χ1) is 9.24. The van der Waals surface area contributed by atoms with Gasteiger partial charge in [0.15, 0.2) is 11.6 Å². The van der Waals surface area contributed by atoms with Crippen LogP contribution in [0.5, 0.6) is 0 Å². The maximum absolute atomic E-state index is 12.5. The lowest BCUT2D eigenvalue weighted by atomic mass is 10.0. The summed E-state index contributed by atoms with van der Waals surface area (Å²) in [5.41, 5.74) is 1.17. The third kappa shape index (κ3) is 2.22. The van der Waals surface area contributed by atoms with E-state index in [0.717, 1.165) is 0 Å². The monoisotopic (exact) mass is 286 g/mol. The molecule has 3 rings (SSSR count). The van der Waals surface area contributed by atoms with Gasteiger partial charge in [-0.3, -0.25) is 9.59 Å². The zero-order valence-corrected chi connectivity index (χ0v) is 11.5. The molecule has 2 aromatic carbocycles. The van der Waals surface area contributed by atoms with E-state index in [1.807, 2.05) is 36.4 Å². The highest BCUT2D eigenvalue weighted by atomic mass is 33.2. The predicted octanol–water partition coefficient (Wildman–Crippen LogP) is 3.84. The van der Waals surface area contributed by atoms with Crippen LogP contribution in [0, 0.1) is 0 Å². The molecule has 2 aromatic rings. The number of carbonyl (C=O) groups excluding carboxylic acids is 2. The second kappa shape index (κ2) is 4.87. The second-order valence-electron chi connectivity index (χ2n) is 4.17. The summed E-state index contributed by atoms with van der Waals surface area (Å²) in [5, 5.41) is 0. The van der Waals surface area contributed by atoms with Gasteiger partial charge in [0.25, 0.3) is 0 Å². The molecule has 0 saturated carbocycles. The molecule has 0 N–H and O–H groups in total. The normalized spacial score (nSPS) is 15.8. The highest BCUT2D eigenvalue weighted by Crippen LogP contribution is 2.67. The van der Waals surface area contributed by atoms with Gasteiger partial charge in [-0.15, -0.1) is 0 Å². The zero-order chi connectivity index (χ0) is 13.3. The number of hydrogen-bond donors (Lipinski definition) is 0. The molecule has 0 amide bonds. The highest BCUT2D eigenvalue weighted by molar-refractivity contribution is 8.94. The van der Waals surface area contributed by atoms with Gasteiger partial charge in [0.05, 0.1) is 0 Å². The van der Waals surface area contributed by atoms with Crippen molar-refractivity contribution in [3.63, 3.8) is 0 Å². The Morgan fingerprint density at radius 3 is 1.37 bits per heavy atom. The van der Waals surface area contributed by atoms with E-state index in [4.69, 9.17) is 0 Å². The number of benzene rings is 2. The minimum absolute atomic E-state index is 0.114. The van der Waals surface area contributed by atoms with E-state index in [0.29, 0.717) is 11.1 Å². The van der Waals surface area contributed by atoms with Gasteiger partial charge in [0.1, 0.15) is 0 Å². The van der Waals surface area contributed by atoms with Crippen molar-refractivity contribution in [2.75, 3.05) is 0 Å². The fourth-order valence-electron chi connectivity index (χ4n) is 1.86. The Bertz CT molecular complexity index is 566. The van der Waals surface area contributed by atoms with Gasteiger partial charge in [-0.05, 0) is 0 Å². The summed E-state index contributed by atoms with van der Waals surface area (Å²) < 4.78 is -0.970. The van der Waals surface area contributed by atoms with Gasteiger partial charge in [-0.2, -0.15) is 0 Å². The van der Waals surface area contributed by atoms with E-state index < -0.39 is 4.08 Å². The molecule has 1 heterocycles. The van der Waals surface area contributed by atoms with Crippen molar-refractivity contribution in [1.29, 1.82) is 0 Å². The van der Waals surface area contributed by atoms with Gasteiger partial charge in [-0.1, -0.05) is 82.3 Å². The molecule has 1 fully saturated rings. The molecule has 1 saturated heterocycles. The van der Waals surface area contributed by atoms with Crippen molar-refractivity contribution in [3.8, 4) is 0 Å². The van der Waals surface area contributed by atoms with Crippen molar-refractivity contribution < 1.29 is 9.59 Å². The first kappa shape index (κ1) is 12.5. The molecule has 0 unspecified atom stereocenters. The predicted molar refractivity (Wildman–Crippen MR) is 79.5 cm³/mol. The number of Topliss-reactive ketones (excluding diaryl/α,β-unsaturated/α-hetero) is 2. The SMILES string of the molecule is O=C(c1ccccc1)C1(C(=O)c2ccccc2)SS1. The minimum Gasteiger partial charge on any atom is -0.291 e. The average molecular weight is 286 g/mol. The fourth-order valence-corrected chi connectivity index (χ4v) is 3.87. The Balaban J connectivity index is 1.92. The van der Waals surface area contributed by atoms with E-state index in [-0.39, 0.29) is 11.6 Å². The van der Waals surface area contributed by atoms with Gasteiger partial charge in [0, 0.05) is 11.1 Å². The average Bonchev–Trinajstić information content (AvgIpc) is 3.29. The first-order valence-corrected chi connectivity index (χ1v) is 7.95. The van der Waals surface area contributed by atoms with Crippen LogP contribution in [0.25, 0.3) is 0 Å². The number of hydrogen-bond acceptors (Lipinski definition) is 4. The van der Waals surface area contributed by atoms with Crippen molar-refractivity contribution in [2.24, 2.45) is 0 Å². The first-order valence-electron chi connectivity index (χ1n) is 5.80. The highest BCUT2D eigenvalue weighted by Gasteiger charge is 2.59.